The number of carbonyl (C=O) groups is 2. The maximum absolute atomic E-state index is 13.2. The average molecular weight is 548 g/mol. The van der Waals surface area contributed by atoms with Gasteiger partial charge in [0.05, 0.1) is 6.54 Å². The number of carboxylic acid groups (broad SMARTS) is 2. The number of hydrogen-bond donors (Lipinski definition) is 2. The molecule has 5 rings (SSSR count). The van der Waals surface area contributed by atoms with E-state index in [2.05, 4.69) is 27.3 Å². The van der Waals surface area contributed by atoms with Crippen LogP contribution in [0.15, 0.2) is 42.6 Å². The van der Waals surface area contributed by atoms with E-state index in [9.17, 15) is 18.0 Å². The molecule has 0 bridgehead atoms. The van der Waals surface area contributed by atoms with Crippen LogP contribution < -0.4 is 4.74 Å². The van der Waals surface area contributed by atoms with Crippen LogP contribution in [0.1, 0.15) is 55.8 Å². The van der Waals surface area contributed by atoms with E-state index in [1.54, 1.807) is 18.3 Å². The van der Waals surface area contributed by atoms with Crippen molar-refractivity contribution in [1.82, 2.24) is 14.5 Å². The van der Waals surface area contributed by atoms with E-state index in [-0.39, 0.29) is 11.7 Å². The first-order valence-corrected chi connectivity index (χ1v) is 13.0. The van der Waals surface area contributed by atoms with Crippen molar-refractivity contribution >= 4 is 23.1 Å². The zero-order chi connectivity index (χ0) is 28.2. The fourth-order valence-electron chi connectivity index (χ4n) is 5.53. The summed E-state index contributed by atoms with van der Waals surface area (Å²) in [5, 5.41) is 15.0. The Bertz CT molecular complexity index is 1290. The lowest BCUT2D eigenvalue weighted by atomic mass is 9.81. The van der Waals surface area contributed by atoms with Crippen molar-refractivity contribution in [3.63, 3.8) is 0 Å². The Morgan fingerprint density at radius 2 is 1.74 bits per heavy atom. The molecule has 3 aromatic rings. The zero-order valence-corrected chi connectivity index (χ0v) is 21.7. The van der Waals surface area contributed by atoms with Crippen LogP contribution in [0.25, 0.3) is 11.0 Å². The van der Waals surface area contributed by atoms with Crippen molar-refractivity contribution in [2.24, 2.45) is 11.8 Å². The summed E-state index contributed by atoms with van der Waals surface area (Å²) >= 11 is 0. The molecule has 1 saturated carbocycles. The third kappa shape index (κ3) is 7.42. The van der Waals surface area contributed by atoms with Gasteiger partial charge in [0.1, 0.15) is 11.4 Å². The Balaban J connectivity index is 0.000000826. The van der Waals surface area contributed by atoms with Gasteiger partial charge in [0, 0.05) is 36.8 Å². The molecule has 0 unspecified atom stereocenters. The maximum atomic E-state index is 13.2. The second-order valence-corrected chi connectivity index (χ2v) is 10.3. The molecule has 11 heteroatoms. The quantitative estimate of drug-likeness (QED) is 0.388. The number of fused-ring (bicyclic) bond motifs is 3. The minimum absolute atomic E-state index is 0.216. The Labute approximate surface area is 224 Å². The van der Waals surface area contributed by atoms with Gasteiger partial charge in [-0.15, -0.1) is 13.2 Å². The second-order valence-electron chi connectivity index (χ2n) is 10.3. The van der Waals surface area contributed by atoms with Crippen LogP contribution in [0.5, 0.6) is 5.75 Å². The van der Waals surface area contributed by atoms with Crippen molar-refractivity contribution < 1.29 is 37.7 Å². The average Bonchev–Trinajstić information content (AvgIpc) is 3.18. The molecule has 0 saturated heterocycles. The van der Waals surface area contributed by atoms with Crippen molar-refractivity contribution in [3.05, 3.63) is 59.4 Å². The molecule has 1 aliphatic carbocycles. The fraction of sp³-hybridized carbons (Fsp3) is 0.464. The highest BCUT2D eigenvalue weighted by Gasteiger charge is 2.31. The summed E-state index contributed by atoms with van der Waals surface area (Å²) in [6.45, 7) is 3.97. The molecule has 0 spiro atoms. The summed E-state index contributed by atoms with van der Waals surface area (Å²) in [5.74, 6) is 1.21. The number of halogens is 3. The second kappa shape index (κ2) is 12.0. The smallest absolute Gasteiger partial charge is 0.450 e. The van der Waals surface area contributed by atoms with E-state index >= 15 is 0 Å². The molecular weight excluding hydrogens is 515 g/mol. The number of carbonyl (C=O) groups excluding carboxylic acids is 1. The fourth-order valence-corrected chi connectivity index (χ4v) is 5.53. The lowest BCUT2D eigenvalue weighted by Gasteiger charge is -2.31. The van der Waals surface area contributed by atoms with Crippen molar-refractivity contribution in [1.29, 1.82) is 0 Å². The lowest BCUT2D eigenvalue weighted by molar-refractivity contribution is -0.274. The molecule has 8 nitrogen and oxygen atoms in total. The van der Waals surface area contributed by atoms with Gasteiger partial charge in [-0.1, -0.05) is 31.9 Å². The highest BCUT2D eigenvalue weighted by molar-refractivity contribution is 5.84. The topological polar surface area (TPSA) is 105 Å². The molecule has 1 fully saturated rings. The molecule has 3 heterocycles. The number of ether oxygens (including phenoxy) is 1. The van der Waals surface area contributed by atoms with Crippen LogP contribution in [-0.2, 0) is 24.3 Å². The minimum atomic E-state index is -4.72. The van der Waals surface area contributed by atoms with Gasteiger partial charge in [-0.25, -0.2) is 9.78 Å². The Kier molecular flexibility index (Phi) is 8.66. The Hall–Kier alpha value is -3.76. The molecule has 2 N–H and O–H groups in total. The van der Waals surface area contributed by atoms with Crippen LogP contribution in [0.4, 0.5) is 18.0 Å². The SMILES string of the molecule is C[C@H]1CC[C@H](CC(=O)N2CCc3c(n(Cc4ccc(OC(F)(F)F)cc4)c4ncccc34)C2)CC1.O=C(O)O. The number of benzene rings is 1. The molecule has 1 aromatic carbocycles. The molecular formula is C28H32F3N3O5. The molecule has 39 heavy (non-hydrogen) atoms. The number of amides is 1. The number of nitrogens with zero attached hydrogens (tertiary/aromatic N) is 3. The van der Waals surface area contributed by atoms with Crippen LogP contribution in [0.3, 0.4) is 0 Å². The van der Waals surface area contributed by atoms with Gasteiger partial charge in [-0.05, 0) is 66.5 Å². The monoisotopic (exact) mass is 547 g/mol. The molecule has 0 atom stereocenters. The summed E-state index contributed by atoms with van der Waals surface area (Å²) in [6, 6.07) is 9.90. The van der Waals surface area contributed by atoms with Crippen molar-refractivity contribution in [2.45, 2.75) is 64.9 Å². The Morgan fingerprint density at radius 3 is 2.38 bits per heavy atom. The van der Waals surface area contributed by atoms with Gasteiger partial charge in [0.2, 0.25) is 5.91 Å². The summed E-state index contributed by atoms with van der Waals surface area (Å²) in [5.41, 5.74) is 3.94. The van der Waals surface area contributed by atoms with E-state index in [1.807, 2.05) is 11.0 Å². The number of alkyl halides is 3. The van der Waals surface area contributed by atoms with Crippen LogP contribution in [0, 0.1) is 11.8 Å². The minimum Gasteiger partial charge on any atom is -0.450 e. The van der Waals surface area contributed by atoms with Crippen molar-refractivity contribution in [3.8, 4) is 5.75 Å². The Morgan fingerprint density at radius 1 is 1.08 bits per heavy atom. The molecule has 210 valence electrons. The first-order valence-electron chi connectivity index (χ1n) is 13.0. The van der Waals surface area contributed by atoms with E-state index in [0.29, 0.717) is 32.0 Å². The maximum Gasteiger partial charge on any atom is 0.573 e. The number of pyridine rings is 1. The van der Waals surface area contributed by atoms with Gasteiger partial charge in [-0.3, -0.25) is 4.79 Å². The van der Waals surface area contributed by atoms with Crippen LogP contribution in [0.2, 0.25) is 0 Å². The van der Waals surface area contributed by atoms with Gasteiger partial charge < -0.3 is 24.4 Å². The molecule has 2 aromatic heterocycles. The number of hydrogen-bond acceptors (Lipinski definition) is 4. The predicted molar refractivity (Wildman–Crippen MR) is 137 cm³/mol. The first kappa shape index (κ1) is 28.3. The van der Waals surface area contributed by atoms with Crippen LogP contribution in [-0.4, -0.2) is 49.6 Å². The van der Waals surface area contributed by atoms with E-state index in [1.165, 1.54) is 30.5 Å². The molecule has 2 aliphatic rings. The summed E-state index contributed by atoms with van der Waals surface area (Å²) in [4.78, 5) is 28.3. The standard InChI is InChI=1S/C27H30F3N3O2.CH2O3/c1-18-4-6-19(7-5-18)15-25(34)32-14-12-22-23-3-2-13-31-26(23)33(24(22)17-32)16-20-8-10-21(11-9-20)35-27(28,29)30;2-1(3)4/h2-3,8-11,13,18-19H,4-7,12,14-17H2,1H3;(H2,2,3,4)/t18-,19-;. The summed E-state index contributed by atoms with van der Waals surface area (Å²) in [6.07, 6.45) is 1.25. The van der Waals surface area contributed by atoms with Gasteiger partial charge in [0.15, 0.2) is 0 Å². The van der Waals surface area contributed by atoms with E-state index in [4.69, 9.17) is 15.0 Å². The third-order valence-electron chi connectivity index (χ3n) is 7.46. The van der Waals surface area contributed by atoms with E-state index in [0.717, 1.165) is 47.5 Å². The largest absolute Gasteiger partial charge is 0.573 e. The summed E-state index contributed by atoms with van der Waals surface area (Å²) < 4.78 is 43.6. The third-order valence-corrected chi connectivity index (χ3v) is 7.46. The molecule has 0 radical (unpaired) electrons. The van der Waals surface area contributed by atoms with Gasteiger partial charge >= 0.3 is 12.5 Å². The van der Waals surface area contributed by atoms with Crippen molar-refractivity contribution in [2.75, 3.05) is 6.54 Å². The summed E-state index contributed by atoms with van der Waals surface area (Å²) in [7, 11) is 0. The molecule has 1 aliphatic heterocycles. The predicted octanol–water partition coefficient (Wildman–Crippen LogP) is 6.31. The first-order chi connectivity index (χ1) is 18.5. The van der Waals surface area contributed by atoms with Gasteiger partial charge in [-0.2, -0.15) is 0 Å². The number of rotatable bonds is 5. The van der Waals surface area contributed by atoms with Crippen LogP contribution >= 0.6 is 0 Å². The zero-order valence-electron chi connectivity index (χ0n) is 21.7. The van der Waals surface area contributed by atoms with E-state index < -0.39 is 12.5 Å². The number of aromatic nitrogens is 2. The normalized spacial score (nSPS) is 19.1. The highest BCUT2D eigenvalue weighted by Crippen LogP contribution is 2.34. The molecule has 1 amide bonds. The lowest BCUT2D eigenvalue weighted by Crippen LogP contribution is -2.37. The van der Waals surface area contributed by atoms with Gasteiger partial charge in [0.25, 0.3) is 0 Å². The highest BCUT2D eigenvalue weighted by atomic mass is 19.4.